The van der Waals surface area contributed by atoms with Gasteiger partial charge in [-0.3, -0.25) is 9.69 Å². The van der Waals surface area contributed by atoms with Crippen molar-refractivity contribution in [3.63, 3.8) is 0 Å². The van der Waals surface area contributed by atoms with Gasteiger partial charge in [-0.05, 0) is 35.7 Å². The zero-order chi connectivity index (χ0) is 19.1. The van der Waals surface area contributed by atoms with E-state index in [0.29, 0.717) is 26.2 Å². The van der Waals surface area contributed by atoms with Crippen molar-refractivity contribution in [2.45, 2.75) is 18.9 Å². The van der Waals surface area contributed by atoms with Crippen LogP contribution in [0, 0.1) is 5.82 Å². The molecule has 2 aromatic carbocycles. The maximum absolute atomic E-state index is 13.7. The highest BCUT2D eigenvalue weighted by Gasteiger charge is 2.23. The number of benzene rings is 2. The molecule has 0 spiro atoms. The zero-order valence-corrected chi connectivity index (χ0v) is 15.2. The molecule has 0 aliphatic carbocycles. The molecule has 1 fully saturated rings. The summed E-state index contributed by atoms with van der Waals surface area (Å²) < 4.78 is 19.1. The molecule has 0 saturated carbocycles. The topological polar surface area (TPSA) is 61.8 Å². The Labute approximate surface area is 158 Å². The molecule has 144 valence electrons. The monoisotopic (exact) mass is 372 g/mol. The summed E-state index contributed by atoms with van der Waals surface area (Å²) >= 11 is 0. The van der Waals surface area contributed by atoms with Gasteiger partial charge in [-0.25, -0.2) is 4.39 Å². The van der Waals surface area contributed by atoms with Crippen molar-refractivity contribution < 1.29 is 19.0 Å². The van der Waals surface area contributed by atoms with Gasteiger partial charge in [-0.2, -0.15) is 0 Å². The summed E-state index contributed by atoms with van der Waals surface area (Å²) in [5.41, 5.74) is 1.60. The summed E-state index contributed by atoms with van der Waals surface area (Å²) in [7, 11) is 0. The molecule has 0 bridgehead atoms. The van der Waals surface area contributed by atoms with Crippen LogP contribution in [0.4, 0.5) is 4.39 Å². The van der Waals surface area contributed by atoms with E-state index in [2.05, 4.69) is 10.2 Å². The molecular weight excluding hydrogens is 347 g/mol. The molecule has 3 rings (SSSR count). The lowest BCUT2D eigenvalue weighted by atomic mass is 10.0. The fraction of sp³-hybridized carbons (Fsp3) is 0.381. The van der Waals surface area contributed by atoms with Gasteiger partial charge in [0.2, 0.25) is 5.91 Å². The highest BCUT2D eigenvalue weighted by Crippen LogP contribution is 2.22. The van der Waals surface area contributed by atoms with E-state index in [1.54, 1.807) is 18.2 Å². The Bertz CT molecular complexity index is 763. The normalized spacial score (nSPS) is 16.0. The van der Waals surface area contributed by atoms with Gasteiger partial charge in [-0.1, -0.05) is 30.3 Å². The smallest absolute Gasteiger partial charge is 0.220 e. The molecule has 1 atom stereocenters. The van der Waals surface area contributed by atoms with Crippen LogP contribution in [-0.2, 0) is 16.0 Å². The van der Waals surface area contributed by atoms with Crippen LogP contribution in [0.1, 0.15) is 23.6 Å². The van der Waals surface area contributed by atoms with E-state index in [-0.39, 0.29) is 29.9 Å². The van der Waals surface area contributed by atoms with Crippen molar-refractivity contribution in [3.8, 4) is 5.75 Å². The maximum Gasteiger partial charge on any atom is 0.220 e. The van der Waals surface area contributed by atoms with Gasteiger partial charge in [-0.15, -0.1) is 0 Å². The number of morpholine rings is 1. The number of hydrogen-bond donors (Lipinski definition) is 2. The second kappa shape index (κ2) is 9.48. The van der Waals surface area contributed by atoms with Crippen LogP contribution < -0.4 is 5.32 Å². The number of hydrogen-bond acceptors (Lipinski definition) is 4. The minimum Gasteiger partial charge on any atom is -0.508 e. The number of aryl methyl sites for hydroxylation is 1. The van der Waals surface area contributed by atoms with E-state index in [1.165, 1.54) is 12.1 Å². The predicted molar refractivity (Wildman–Crippen MR) is 101 cm³/mol. The number of amides is 1. The van der Waals surface area contributed by atoms with Gasteiger partial charge >= 0.3 is 0 Å². The first kappa shape index (κ1) is 19.3. The van der Waals surface area contributed by atoms with E-state index in [9.17, 15) is 14.3 Å². The number of ether oxygens (including phenoxy) is 1. The third-order valence-corrected chi connectivity index (χ3v) is 4.83. The number of carbonyl (C=O) groups excluding carboxylic acids is 1. The molecule has 1 amide bonds. The summed E-state index contributed by atoms with van der Waals surface area (Å²) in [5, 5.41) is 12.8. The number of phenolic OH excluding ortho intramolecular Hbond substituents is 1. The van der Waals surface area contributed by atoms with Gasteiger partial charge in [0.05, 0.1) is 19.3 Å². The van der Waals surface area contributed by atoms with Crippen LogP contribution in [-0.4, -0.2) is 48.8 Å². The molecular formula is C21H25FN2O3. The lowest BCUT2D eigenvalue weighted by molar-refractivity contribution is -0.121. The van der Waals surface area contributed by atoms with E-state index >= 15 is 0 Å². The molecule has 1 aliphatic heterocycles. The Balaban J connectivity index is 1.60. The number of rotatable bonds is 7. The van der Waals surface area contributed by atoms with Crippen LogP contribution in [0.25, 0.3) is 0 Å². The number of phenols is 1. The molecule has 6 heteroatoms. The summed E-state index contributed by atoms with van der Waals surface area (Å²) in [5.74, 6) is -0.166. The highest BCUT2D eigenvalue weighted by atomic mass is 19.1. The molecule has 0 aromatic heterocycles. The van der Waals surface area contributed by atoms with Gasteiger partial charge in [0.15, 0.2) is 0 Å². The summed E-state index contributed by atoms with van der Waals surface area (Å²) in [6.07, 6.45) is 0.761. The Hall–Kier alpha value is -2.44. The van der Waals surface area contributed by atoms with Crippen molar-refractivity contribution in [2.24, 2.45) is 0 Å². The van der Waals surface area contributed by atoms with E-state index in [1.807, 2.05) is 18.2 Å². The van der Waals surface area contributed by atoms with E-state index in [0.717, 1.165) is 24.2 Å². The van der Waals surface area contributed by atoms with Crippen molar-refractivity contribution in [1.82, 2.24) is 10.2 Å². The minimum absolute atomic E-state index is 0.0899. The molecule has 27 heavy (non-hydrogen) atoms. The van der Waals surface area contributed by atoms with Crippen LogP contribution in [0.15, 0.2) is 48.5 Å². The first-order valence-corrected chi connectivity index (χ1v) is 9.24. The first-order chi connectivity index (χ1) is 13.1. The summed E-state index contributed by atoms with van der Waals surface area (Å²) in [6, 6.07) is 13.4. The second-order valence-corrected chi connectivity index (χ2v) is 6.65. The average Bonchev–Trinajstić information content (AvgIpc) is 2.68. The third kappa shape index (κ3) is 5.52. The summed E-state index contributed by atoms with van der Waals surface area (Å²) in [4.78, 5) is 14.5. The van der Waals surface area contributed by atoms with Crippen molar-refractivity contribution >= 4 is 5.91 Å². The number of carbonyl (C=O) groups is 1. The lowest BCUT2D eigenvalue weighted by Gasteiger charge is -2.35. The number of para-hydroxylation sites is 1. The second-order valence-electron chi connectivity index (χ2n) is 6.65. The average molecular weight is 372 g/mol. The van der Waals surface area contributed by atoms with Gasteiger partial charge in [0.1, 0.15) is 11.6 Å². The Morgan fingerprint density at radius 1 is 1.19 bits per heavy atom. The third-order valence-electron chi connectivity index (χ3n) is 4.83. The van der Waals surface area contributed by atoms with Crippen molar-refractivity contribution in [1.29, 1.82) is 0 Å². The number of aromatic hydroxyl groups is 1. The van der Waals surface area contributed by atoms with Crippen LogP contribution in [0.3, 0.4) is 0 Å². The fourth-order valence-electron chi connectivity index (χ4n) is 3.33. The molecule has 1 heterocycles. The largest absolute Gasteiger partial charge is 0.508 e. The number of nitrogens with zero attached hydrogens (tertiary/aromatic N) is 1. The summed E-state index contributed by atoms with van der Waals surface area (Å²) in [6.45, 7) is 3.16. The number of nitrogens with one attached hydrogen (secondary N) is 1. The molecule has 1 aliphatic rings. The van der Waals surface area contributed by atoms with Crippen molar-refractivity contribution in [3.05, 3.63) is 65.5 Å². The van der Waals surface area contributed by atoms with Crippen molar-refractivity contribution in [2.75, 3.05) is 32.8 Å². The SMILES string of the molecule is O=C(CCc1ccccc1O)NC[C@H](c1cccc(F)c1)N1CCOCC1. The Morgan fingerprint density at radius 3 is 2.70 bits per heavy atom. The highest BCUT2D eigenvalue weighted by molar-refractivity contribution is 5.76. The Kier molecular flexibility index (Phi) is 6.79. The standard InChI is InChI=1S/C21H25FN2O3/c22-18-6-3-5-17(14-18)19(24-10-12-27-13-11-24)15-23-21(26)9-8-16-4-1-2-7-20(16)25/h1-7,14,19,25H,8-13,15H2,(H,23,26)/t19-/m1/s1. The molecule has 5 nitrogen and oxygen atoms in total. The first-order valence-electron chi connectivity index (χ1n) is 9.24. The van der Waals surface area contributed by atoms with Crippen LogP contribution >= 0.6 is 0 Å². The molecule has 2 N–H and O–H groups in total. The quantitative estimate of drug-likeness (QED) is 0.784. The molecule has 2 aromatic rings. The fourth-order valence-corrected chi connectivity index (χ4v) is 3.33. The Morgan fingerprint density at radius 2 is 1.96 bits per heavy atom. The molecule has 0 radical (unpaired) electrons. The molecule has 1 saturated heterocycles. The predicted octanol–water partition coefficient (Wildman–Crippen LogP) is 2.65. The lowest BCUT2D eigenvalue weighted by Crippen LogP contribution is -2.43. The van der Waals surface area contributed by atoms with E-state index in [4.69, 9.17) is 4.74 Å². The van der Waals surface area contributed by atoms with Gasteiger partial charge < -0.3 is 15.2 Å². The zero-order valence-electron chi connectivity index (χ0n) is 15.2. The minimum atomic E-state index is -0.281. The number of halogens is 1. The maximum atomic E-state index is 13.7. The van der Waals surface area contributed by atoms with E-state index < -0.39 is 0 Å². The van der Waals surface area contributed by atoms with Crippen LogP contribution in [0.2, 0.25) is 0 Å². The van der Waals surface area contributed by atoms with Gasteiger partial charge in [0, 0.05) is 26.1 Å². The molecule has 0 unspecified atom stereocenters. The van der Waals surface area contributed by atoms with Gasteiger partial charge in [0.25, 0.3) is 0 Å². The van der Waals surface area contributed by atoms with Crippen LogP contribution in [0.5, 0.6) is 5.75 Å².